The minimum atomic E-state index is -3.88. The lowest BCUT2D eigenvalue weighted by molar-refractivity contribution is 0.0862. The molecule has 0 bridgehead atoms. The maximum absolute atomic E-state index is 11.7. The van der Waals surface area contributed by atoms with E-state index < -0.39 is 15.9 Å². The number of nitrogens with one attached hydrogen (secondary N) is 1. The van der Waals surface area contributed by atoms with E-state index in [1.165, 1.54) is 6.92 Å². The van der Waals surface area contributed by atoms with Crippen LogP contribution in [0.4, 0.5) is 0 Å². The Labute approximate surface area is 118 Å². The fraction of sp³-hybridized carbons (Fsp3) is 0.583. The van der Waals surface area contributed by atoms with E-state index in [0.717, 1.165) is 6.07 Å². The zero-order valence-corrected chi connectivity index (χ0v) is 12.6. The van der Waals surface area contributed by atoms with Crippen LogP contribution in [0.1, 0.15) is 30.2 Å². The molecule has 0 saturated heterocycles. The van der Waals surface area contributed by atoms with Crippen LogP contribution in [-0.2, 0) is 14.8 Å². The second kappa shape index (κ2) is 6.87. The Hall–Kier alpha value is -1.38. The number of furan rings is 1. The zero-order chi connectivity index (χ0) is 15.3. The molecule has 1 heterocycles. The molecule has 20 heavy (non-hydrogen) atoms. The summed E-state index contributed by atoms with van der Waals surface area (Å²) in [6.45, 7) is 6.80. The van der Waals surface area contributed by atoms with Gasteiger partial charge in [-0.2, -0.15) is 0 Å². The van der Waals surface area contributed by atoms with Gasteiger partial charge in [0.05, 0.1) is 6.61 Å². The van der Waals surface area contributed by atoms with Crippen LogP contribution in [0.5, 0.6) is 0 Å². The van der Waals surface area contributed by atoms with E-state index in [1.807, 2.05) is 13.8 Å². The summed E-state index contributed by atoms with van der Waals surface area (Å²) >= 11 is 0. The third kappa shape index (κ3) is 4.95. The SMILES string of the molecule is Cc1oc(C(=O)NCCOCC(C)C)cc1S(N)(=O)=O. The molecule has 0 aliphatic carbocycles. The Morgan fingerprint density at radius 2 is 2.15 bits per heavy atom. The highest BCUT2D eigenvalue weighted by atomic mass is 32.2. The normalized spacial score (nSPS) is 11.8. The average molecular weight is 304 g/mol. The van der Waals surface area contributed by atoms with Gasteiger partial charge < -0.3 is 14.5 Å². The van der Waals surface area contributed by atoms with E-state index in [0.29, 0.717) is 25.7 Å². The number of hydrogen-bond donors (Lipinski definition) is 2. The quantitative estimate of drug-likeness (QED) is 0.718. The van der Waals surface area contributed by atoms with Crippen molar-refractivity contribution in [3.63, 3.8) is 0 Å². The predicted octanol–water partition coefficient (Wildman–Crippen LogP) is 0.638. The minimum absolute atomic E-state index is 0.0876. The van der Waals surface area contributed by atoms with Crippen molar-refractivity contribution in [2.45, 2.75) is 25.7 Å². The van der Waals surface area contributed by atoms with Gasteiger partial charge in [-0.25, -0.2) is 13.6 Å². The van der Waals surface area contributed by atoms with E-state index in [2.05, 4.69) is 5.32 Å². The van der Waals surface area contributed by atoms with Crippen molar-refractivity contribution < 1.29 is 22.4 Å². The molecule has 0 unspecified atom stereocenters. The molecule has 0 aliphatic heterocycles. The number of aryl methyl sites for hydroxylation is 1. The lowest BCUT2D eigenvalue weighted by Crippen LogP contribution is -2.27. The van der Waals surface area contributed by atoms with Crippen LogP contribution in [0.25, 0.3) is 0 Å². The summed E-state index contributed by atoms with van der Waals surface area (Å²) in [5, 5.41) is 7.57. The molecule has 0 radical (unpaired) electrons. The topological polar surface area (TPSA) is 112 Å². The van der Waals surface area contributed by atoms with E-state index in [1.54, 1.807) is 0 Å². The van der Waals surface area contributed by atoms with Gasteiger partial charge in [-0.15, -0.1) is 0 Å². The van der Waals surface area contributed by atoms with Crippen molar-refractivity contribution >= 4 is 15.9 Å². The predicted molar refractivity (Wildman–Crippen MR) is 72.8 cm³/mol. The number of nitrogens with two attached hydrogens (primary N) is 1. The molecule has 3 N–H and O–H groups in total. The Morgan fingerprint density at radius 3 is 2.65 bits per heavy atom. The van der Waals surface area contributed by atoms with Crippen LogP contribution < -0.4 is 10.5 Å². The molecule has 1 aromatic heterocycles. The molecular weight excluding hydrogens is 284 g/mol. The second-order valence-electron chi connectivity index (χ2n) is 4.80. The highest BCUT2D eigenvalue weighted by Crippen LogP contribution is 2.18. The molecule has 1 amide bonds. The molecule has 0 saturated carbocycles. The minimum Gasteiger partial charge on any atom is -0.455 e. The Kier molecular flexibility index (Phi) is 5.73. The number of hydrogen-bond acceptors (Lipinski definition) is 5. The summed E-state index contributed by atoms with van der Waals surface area (Å²) in [6.07, 6.45) is 0. The smallest absolute Gasteiger partial charge is 0.287 e. The second-order valence-corrected chi connectivity index (χ2v) is 6.33. The van der Waals surface area contributed by atoms with Crippen molar-refractivity contribution in [3.05, 3.63) is 17.6 Å². The van der Waals surface area contributed by atoms with E-state index in [4.69, 9.17) is 14.3 Å². The van der Waals surface area contributed by atoms with Crippen LogP contribution in [-0.4, -0.2) is 34.1 Å². The van der Waals surface area contributed by atoms with Gasteiger partial charge >= 0.3 is 0 Å². The standard InChI is InChI=1S/C12H20N2O5S/c1-8(2)7-18-5-4-14-12(15)10-6-11(9(3)19-10)20(13,16)17/h6,8H,4-5,7H2,1-3H3,(H,14,15)(H2,13,16,17). The number of ether oxygens (including phenoxy) is 1. The number of sulfonamides is 1. The van der Waals surface area contributed by atoms with E-state index in [9.17, 15) is 13.2 Å². The molecular formula is C12H20N2O5S. The van der Waals surface area contributed by atoms with E-state index in [-0.39, 0.29) is 16.4 Å². The molecule has 114 valence electrons. The van der Waals surface area contributed by atoms with Crippen molar-refractivity contribution in [2.75, 3.05) is 19.8 Å². The molecule has 0 aromatic carbocycles. The Bertz CT molecular complexity index is 562. The molecule has 7 nitrogen and oxygen atoms in total. The highest BCUT2D eigenvalue weighted by Gasteiger charge is 2.20. The summed E-state index contributed by atoms with van der Waals surface area (Å²) in [5.41, 5.74) is 0. The third-order valence-electron chi connectivity index (χ3n) is 2.39. The largest absolute Gasteiger partial charge is 0.455 e. The Morgan fingerprint density at radius 1 is 1.50 bits per heavy atom. The summed E-state index contributed by atoms with van der Waals surface area (Å²) < 4.78 is 32.8. The summed E-state index contributed by atoms with van der Waals surface area (Å²) in [7, 11) is -3.88. The molecule has 8 heteroatoms. The summed E-state index contributed by atoms with van der Waals surface area (Å²) in [5.74, 6) is -0.0732. The van der Waals surface area contributed by atoms with Crippen LogP contribution in [0.2, 0.25) is 0 Å². The highest BCUT2D eigenvalue weighted by molar-refractivity contribution is 7.89. The van der Waals surface area contributed by atoms with Crippen LogP contribution in [0, 0.1) is 12.8 Å². The van der Waals surface area contributed by atoms with Crippen molar-refractivity contribution in [2.24, 2.45) is 11.1 Å². The van der Waals surface area contributed by atoms with Gasteiger partial charge in [0.25, 0.3) is 5.91 Å². The van der Waals surface area contributed by atoms with Gasteiger partial charge in [-0.05, 0) is 12.8 Å². The van der Waals surface area contributed by atoms with Gasteiger partial charge in [-0.1, -0.05) is 13.8 Å². The number of amides is 1. The zero-order valence-electron chi connectivity index (χ0n) is 11.8. The van der Waals surface area contributed by atoms with Crippen molar-refractivity contribution in [1.82, 2.24) is 5.32 Å². The number of rotatable bonds is 7. The molecule has 1 aromatic rings. The van der Waals surface area contributed by atoms with Crippen LogP contribution in [0.3, 0.4) is 0 Å². The number of carbonyl (C=O) groups is 1. The monoisotopic (exact) mass is 304 g/mol. The lowest BCUT2D eigenvalue weighted by atomic mass is 10.2. The number of carbonyl (C=O) groups excluding carboxylic acids is 1. The van der Waals surface area contributed by atoms with Gasteiger partial charge in [0.2, 0.25) is 10.0 Å². The van der Waals surface area contributed by atoms with Crippen LogP contribution >= 0.6 is 0 Å². The molecule has 0 aliphatic rings. The third-order valence-corrected chi connectivity index (χ3v) is 3.40. The first-order chi connectivity index (χ1) is 9.21. The first-order valence-corrected chi connectivity index (χ1v) is 7.75. The van der Waals surface area contributed by atoms with Crippen molar-refractivity contribution in [1.29, 1.82) is 0 Å². The molecule has 0 spiro atoms. The molecule has 0 fully saturated rings. The van der Waals surface area contributed by atoms with Gasteiger partial charge in [0, 0.05) is 19.2 Å². The molecule has 1 rings (SSSR count). The van der Waals surface area contributed by atoms with E-state index >= 15 is 0 Å². The maximum atomic E-state index is 11.7. The van der Waals surface area contributed by atoms with Crippen molar-refractivity contribution in [3.8, 4) is 0 Å². The van der Waals surface area contributed by atoms with Crippen LogP contribution in [0.15, 0.2) is 15.4 Å². The Balaban J connectivity index is 2.53. The van der Waals surface area contributed by atoms with Gasteiger partial charge in [0.1, 0.15) is 10.7 Å². The fourth-order valence-electron chi connectivity index (χ4n) is 1.50. The lowest BCUT2D eigenvalue weighted by Gasteiger charge is -2.07. The average Bonchev–Trinajstić information content (AvgIpc) is 2.70. The summed E-state index contributed by atoms with van der Waals surface area (Å²) in [4.78, 5) is 11.6. The van der Waals surface area contributed by atoms with Gasteiger partial charge in [0.15, 0.2) is 5.76 Å². The van der Waals surface area contributed by atoms with Gasteiger partial charge in [-0.3, -0.25) is 4.79 Å². The maximum Gasteiger partial charge on any atom is 0.287 e. The first-order valence-electron chi connectivity index (χ1n) is 6.21. The molecule has 0 atom stereocenters. The summed E-state index contributed by atoms with van der Waals surface area (Å²) in [6, 6.07) is 1.12. The first kappa shape index (κ1) is 16.7. The number of primary sulfonamides is 1. The fourth-order valence-corrected chi connectivity index (χ4v) is 2.22.